The van der Waals surface area contributed by atoms with Crippen molar-refractivity contribution in [3.8, 4) is 0 Å². The number of carboxylic acids is 1. The predicted molar refractivity (Wildman–Crippen MR) is 96.4 cm³/mol. The number of hydrogen-bond donors (Lipinski definition) is 2. The quantitative estimate of drug-likeness (QED) is 0.788. The Labute approximate surface area is 153 Å². The number of fused-ring (bicyclic) bond motifs is 1. The van der Waals surface area contributed by atoms with Crippen molar-refractivity contribution in [2.75, 3.05) is 6.54 Å². The monoisotopic (exact) mass is 358 g/mol. The highest BCUT2D eigenvalue weighted by atomic mass is 16.4. The molecule has 1 aromatic carbocycles. The van der Waals surface area contributed by atoms with Gasteiger partial charge in [-0.05, 0) is 38.3 Å². The van der Waals surface area contributed by atoms with Crippen molar-refractivity contribution in [3.63, 3.8) is 0 Å². The van der Waals surface area contributed by atoms with Crippen LogP contribution in [0.25, 0.3) is 0 Å². The number of carboxylic acid groups (broad SMARTS) is 1. The number of nitrogens with zero attached hydrogens (tertiary/aromatic N) is 1. The largest absolute Gasteiger partial charge is 0.480 e. The Morgan fingerprint density at radius 1 is 1.27 bits per heavy atom. The molecule has 6 nitrogen and oxygen atoms in total. The van der Waals surface area contributed by atoms with Crippen molar-refractivity contribution >= 4 is 17.8 Å². The van der Waals surface area contributed by atoms with Gasteiger partial charge in [0.05, 0.1) is 11.8 Å². The van der Waals surface area contributed by atoms with Gasteiger partial charge in [-0.15, -0.1) is 0 Å². The van der Waals surface area contributed by atoms with Crippen LogP contribution in [0.1, 0.15) is 49.4 Å². The minimum absolute atomic E-state index is 0.253. The van der Waals surface area contributed by atoms with E-state index >= 15 is 0 Å². The molecule has 2 amide bonds. The molecule has 4 atom stereocenters. The van der Waals surface area contributed by atoms with E-state index in [0.717, 1.165) is 29.5 Å². The molecule has 0 aromatic heterocycles. The van der Waals surface area contributed by atoms with Crippen LogP contribution in [0.5, 0.6) is 0 Å². The van der Waals surface area contributed by atoms with Gasteiger partial charge in [0.15, 0.2) is 0 Å². The molecule has 2 N–H and O–H groups in total. The molecule has 1 aromatic rings. The van der Waals surface area contributed by atoms with Gasteiger partial charge in [-0.3, -0.25) is 24.6 Å². The van der Waals surface area contributed by atoms with Gasteiger partial charge >= 0.3 is 5.97 Å². The van der Waals surface area contributed by atoms with Gasteiger partial charge in [0.25, 0.3) is 0 Å². The first-order valence-corrected chi connectivity index (χ1v) is 9.15. The van der Waals surface area contributed by atoms with Crippen LogP contribution >= 0.6 is 0 Å². The van der Waals surface area contributed by atoms with Gasteiger partial charge in [-0.25, -0.2) is 0 Å². The number of imide groups is 1. The lowest BCUT2D eigenvalue weighted by Gasteiger charge is -2.27. The van der Waals surface area contributed by atoms with Gasteiger partial charge in [0, 0.05) is 12.6 Å². The summed E-state index contributed by atoms with van der Waals surface area (Å²) in [5.41, 5.74) is 1.45. The summed E-state index contributed by atoms with van der Waals surface area (Å²) in [5.74, 6) is -3.27. The first kappa shape index (κ1) is 18.6. The molecular weight excluding hydrogens is 332 g/mol. The van der Waals surface area contributed by atoms with E-state index in [9.17, 15) is 19.5 Å². The third-order valence-corrected chi connectivity index (χ3v) is 5.83. The van der Waals surface area contributed by atoms with Gasteiger partial charge < -0.3 is 5.11 Å². The first-order valence-electron chi connectivity index (χ1n) is 9.15. The van der Waals surface area contributed by atoms with Crippen LogP contribution in [-0.4, -0.2) is 39.9 Å². The summed E-state index contributed by atoms with van der Waals surface area (Å²) in [4.78, 5) is 39.3. The molecule has 3 rings (SSSR count). The highest BCUT2D eigenvalue weighted by Gasteiger charge is 2.66. The molecule has 2 aliphatic rings. The second-order valence-electron chi connectivity index (χ2n) is 7.67. The number of nitrogens with one attached hydrogen (secondary N) is 1. The maximum absolute atomic E-state index is 13.1. The fraction of sp³-hybridized carbons (Fsp3) is 0.550. The van der Waals surface area contributed by atoms with E-state index in [1.807, 2.05) is 39.0 Å². The molecule has 26 heavy (non-hydrogen) atoms. The van der Waals surface area contributed by atoms with Crippen molar-refractivity contribution in [2.24, 2.45) is 11.8 Å². The molecule has 2 fully saturated rings. The third kappa shape index (κ3) is 2.63. The summed E-state index contributed by atoms with van der Waals surface area (Å²) in [5, 5.41) is 13.0. The molecule has 2 saturated heterocycles. The second kappa shape index (κ2) is 6.50. The standard InChI is InChI=1S/C20H26N2O4/c1-5-6-9-22-17(23)14-15(18(22)24)20(4,19(25)26)21-16(14)13-10-11(2)7-8-12(13)3/h7-8,10,14-16,21H,5-6,9H2,1-4H3,(H,25,26). The van der Waals surface area contributed by atoms with Crippen molar-refractivity contribution in [3.05, 3.63) is 34.9 Å². The lowest BCUT2D eigenvalue weighted by atomic mass is 9.80. The second-order valence-corrected chi connectivity index (χ2v) is 7.67. The van der Waals surface area contributed by atoms with Gasteiger partial charge in [0.1, 0.15) is 5.54 Å². The maximum atomic E-state index is 13.1. The average molecular weight is 358 g/mol. The van der Waals surface area contributed by atoms with Crippen molar-refractivity contribution < 1.29 is 19.5 Å². The number of unbranched alkanes of at least 4 members (excludes halogenated alkanes) is 1. The normalized spacial score (nSPS) is 30.8. The Kier molecular flexibility index (Phi) is 4.65. The van der Waals surface area contributed by atoms with Crippen molar-refractivity contribution in [2.45, 2.75) is 52.1 Å². The highest BCUT2D eigenvalue weighted by molar-refractivity contribution is 6.09. The Morgan fingerprint density at radius 3 is 2.58 bits per heavy atom. The van der Waals surface area contributed by atoms with E-state index in [4.69, 9.17) is 0 Å². The number of aliphatic carboxylic acids is 1. The molecule has 0 bridgehead atoms. The smallest absolute Gasteiger partial charge is 0.324 e. The number of aryl methyl sites for hydroxylation is 2. The lowest BCUT2D eigenvalue weighted by molar-refractivity contribution is -0.150. The van der Waals surface area contributed by atoms with Gasteiger partial charge in [-0.2, -0.15) is 0 Å². The van der Waals surface area contributed by atoms with Crippen LogP contribution in [0.2, 0.25) is 0 Å². The van der Waals surface area contributed by atoms with Crippen molar-refractivity contribution in [1.82, 2.24) is 10.2 Å². The predicted octanol–water partition coefficient (Wildman–Crippen LogP) is 2.19. The molecule has 0 saturated carbocycles. The van der Waals surface area contributed by atoms with E-state index < -0.39 is 29.4 Å². The SMILES string of the molecule is CCCCN1C(=O)C2C(c3cc(C)ccc3C)NC(C)(C(=O)O)C2C1=O. The van der Waals surface area contributed by atoms with Crippen LogP contribution in [0.15, 0.2) is 18.2 Å². The highest BCUT2D eigenvalue weighted by Crippen LogP contribution is 2.49. The van der Waals surface area contributed by atoms with Crippen LogP contribution in [-0.2, 0) is 14.4 Å². The topological polar surface area (TPSA) is 86.7 Å². The lowest BCUT2D eigenvalue weighted by Crippen LogP contribution is -2.53. The molecule has 4 unspecified atom stereocenters. The van der Waals surface area contributed by atoms with Crippen LogP contribution in [0.3, 0.4) is 0 Å². The maximum Gasteiger partial charge on any atom is 0.324 e. The fourth-order valence-electron chi connectivity index (χ4n) is 4.29. The van der Waals surface area contributed by atoms with E-state index in [1.54, 1.807) is 0 Å². The number of hydrogen-bond acceptors (Lipinski definition) is 4. The Morgan fingerprint density at radius 2 is 1.96 bits per heavy atom. The molecule has 2 aliphatic heterocycles. The summed E-state index contributed by atoms with van der Waals surface area (Å²) < 4.78 is 0. The zero-order valence-electron chi connectivity index (χ0n) is 15.7. The summed E-state index contributed by atoms with van der Waals surface area (Å²) in [6, 6.07) is 5.44. The van der Waals surface area contributed by atoms with E-state index in [-0.39, 0.29) is 11.8 Å². The number of carbonyl (C=O) groups excluding carboxylic acids is 2. The Hall–Kier alpha value is -2.21. The third-order valence-electron chi connectivity index (χ3n) is 5.83. The summed E-state index contributed by atoms with van der Waals surface area (Å²) >= 11 is 0. The number of carbonyl (C=O) groups is 3. The first-order chi connectivity index (χ1) is 12.2. The molecule has 140 valence electrons. The summed E-state index contributed by atoms with van der Waals surface area (Å²) in [6.45, 7) is 7.77. The number of rotatable bonds is 5. The molecule has 2 heterocycles. The minimum atomic E-state index is -1.46. The van der Waals surface area contributed by atoms with Gasteiger partial charge in [-0.1, -0.05) is 37.1 Å². The Bertz CT molecular complexity index is 775. The number of amides is 2. The zero-order chi connectivity index (χ0) is 19.2. The molecule has 0 spiro atoms. The van der Waals surface area contributed by atoms with Crippen LogP contribution in [0.4, 0.5) is 0 Å². The average Bonchev–Trinajstić information content (AvgIpc) is 3.03. The molecule has 6 heteroatoms. The van der Waals surface area contributed by atoms with Gasteiger partial charge in [0.2, 0.25) is 11.8 Å². The van der Waals surface area contributed by atoms with E-state index in [0.29, 0.717) is 6.54 Å². The van der Waals surface area contributed by atoms with Crippen LogP contribution < -0.4 is 5.32 Å². The number of likely N-dealkylation sites (tertiary alicyclic amines) is 1. The summed E-state index contributed by atoms with van der Waals surface area (Å²) in [6.07, 6.45) is 1.59. The summed E-state index contributed by atoms with van der Waals surface area (Å²) in [7, 11) is 0. The number of benzene rings is 1. The van der Waals surface area contributed by atoms with Crippen molar-refractivity contribution in [1.29, 1.82) is 0 Å². The molecule has 0 aliphatic carbocycles. The minimum Gasteiger partial charge on any atom is -0.480 e. The van der Waals surface area contributed by atoms with E-state index in [1.165, 1.54) is 11.8 Å². The molecular formula is C20H26N2O4. The van der Waals surface area contributed by atoms with Crippen LogP contribution in [0, 0.1) is 25.7 Å². The zero-order valence-corrected chi connectivity index (χ0v) is 15.7. The van der Waals surface area contributed by atoms with E-state index in [2.05, 4.69) is 5.32 Å². The Balaban J connectivity index is 2.08. The molecule has 0 radical (unpaired) electrons. The fourth-order valence-corrected chi connectivity index (χ4v) is 4.29.